The molecular formula is C14H18ClN5O4. The van der Waals surface area contributed by atoms with Crippen molar-refractivity contribution in [2.24, 2.45) is 0 Å². The molecule has 2 amide bonds. The topological polar surface area (TPSA) is 99.1 Å². The minimum absolute atomic E-state index is 0.0350. The number of carbonyl (C=O) groups is 2. The number of morpholine rings is 1. The maximum atomic E-state index is 12.6. The van der Waals surface area contributed by atoms with E-state index in [0.29, 0.717) is 45.2 Å². The maximum Gasteiger partial charge on any atom is 0.407 e. The molecule has 10 heteroatoms. The van der Waals surface area contributed by atoms with Gasteiger partial charge in [0.25, 0.3) is 5.91 Å². The van der Waals surface area contributed by atoms with Gasteiger partial charge < -0.3 is 24.5 Å². The van der Waals surface area contributed by atoms with Crippen molar-refractivity contribution in [3.63, 3.8) is 0 Å². The van der Waals surface area contributed by atoms with Crippen LogP contribution < -0.4 is 4.90 Å². The van der Waals surface area contributed by atoms with Gasteiger partial charge in [0.2, 0.25) is 5.82 Å². The molecule has 3 rings (SSSR count). The van der Waals surface area contributed by atoms with Gasteiger partial charge in [0.15, 0.2) is 0 Å². The highest BCUT2D eigenvalue weighted by Crippen LogP contribution is 2.18. The largest absolute Gasteiger partial charge is 0.465 e. The summed E-state index contributed by atoms with van der Waals surface area (Å²) in [5.41, 5.74) is 0. The van der Waals surface area contributed by atoms with E-state index in [9.17, 15) is 9.59 Å². The summed E-state index contributed by atoms with van der Waals surface area (Å²) in [6.07, 6.45) is -0.976. The van der Waals surface area contributed by atoms with Crippen LogP contribution in [0.4, 0.5) is 10.6 Å². The number of hydrogen-bond donors (Lipinski definition) is 1. The van der Waals surface area contributed by atoms with Crippen molar-refractivity contribution in [1.82, 2.24) is 19.8 Å². The quantitative estimate of drug-likeness (QED) is 0.767. The number of amides is 2. The van der Waals surface area contributed by atoms with Gasteiger partial charge >= 0.3 is 6.09 Å². The van der Waals surface area contributed by atoms with Crippen LogP contribution in [0, 0.1) is 0 Å². The van der Waals surface area contributed by atoms with Crippen LogP contribution in [0.5, 0.6) is 0 Å². The number of aromatic nitrogens is 2. The third kappa shape index (κ3) is 3.68. The Labute approximate surface area is 143 Å². The van der Waals surface area contributed by atoms with E-state index in [2.05, 4.69) is 9.97 Å². The third-order valence-corrected chi connectivity index (χ3v) is 4.24. The van der Waals surface area contributed by atoms with E-state index in [1.54, 1.807) is 11.0 Å². The van der Waals surface area contributed by atoms with Gasteiger partial charge in [0, 0.05) is 45.3 Å². The van der Waals surface area contributed by atoms with E-state index >= 15 is 0 Å². The Morgan fingerprint density at radius 1 is 1.04 bits per heavy atom. The molecule has 0 saturated carbocycles. The molecule has 3 heterocycles. The highest BCUT2D eigenvalue weighted by Gasteiger charge is 2.27. The number of hydrogen-bond acceptors (Lipinski definition) is 6. The summed E-state index contributed by atoms with van der Waals surface area (Å²) in [4.78, 5) is 36.7. The van der Waals surface area contributed by atoms with E-state index in [4.69, 9.17) is 21.4 Å². The highest BCUT2D eigenvalue weighted by atomic mass is 35.5. The Bertz CT molecular complexity index is 630. The molecule has 130 valence electrons. The first-order valence-electron chi connectivity index (χ1n) is 7.69. The molecule has 0 aliphatic carbocycles. The number of anilines is 1. The van der Waals surface area contributed by atoms with Crippen LogP contribution >= 0.6 is 11.6 Å². The highest BCUT2D eigenvalue weighted by molar-refractivity contribution is 6.29. The zero-order valence-electron chi connectivity index (χ0n) is 13.0. The van der Waals surface area contributed by atoms with E-state index in [0.717, 1.165) is 0 Å². The lowest BCUT2D eigenvalue weighted by Gasteiger charge is -2.33. The number of carbonyl (C=O) groups excluding carboxylic acids is 1. The fourth-order valence-corrected chi connectivity index (χ4v) is 2.88. The summed E-state index contributed by atoms with van der Waals surface area (Å²) < 4.78 is 5.31. The second-order valence-electron chi connectivity index (χ2n) is 5.53. The lowest BCUT2D eigenvalue weighted by Crippen LogP contribution is -2.50. The van der Waals surface area contributed by atoms with Crippen LogP contribution in [-0.4, -0.2) is 89.4 Å². The molecule has 0 aromatic carbocycles. The summed E-state index contributed by atoms with van der Waals surface area (Å²) in [7, 11) is 0. The van der Waals surface area contributed by atoms with Gasteiger partial charge in [0.1, 0.15) is 11.0 Å². The average Bonchev–Trinajstić information content (AvgIpc) is 2.61. The third-order valence-electron chi connectivity index (χ3n) is 4.05. The van der Waals surface area contributed by atoms with Crippen molar-refractivity contribution >= 4 is 29.4 Å². The van der Waals surface area contributed by atoms with Crippen molar-refractivity contribution in [3.8, 4) is 0 Å². The van der Waals surface area contributed by atoms with Gasteiger partial charge in [-0.1, -0.05) is 11.6 Å². The second kappa shape index (κ2) is 7.18. The first-order valence-corrected chi connectivity index (χ1v) is 8.07. The van der Waals surface area contributed by atoms with Crippen LogP contribution in [0.2, 0.25) is 5.15 Å². The normalized spacial score (nSPS) is 18.6. The fourth-order valence-electron chi connectivity index (χ4n) is 2.70. The van der Waals surface area contributed by atoms with Crippen LogP contribution in [0.25, 0.3) is 0 Å². The Hall–Kier alpha value is -2.13. The number of carboxylic acid groups (broad SMARTS) is 1. The minimum Gasteiger partial charge on any atom is -0.465 e. The fraction of sp³-hybridized carbons (Fsp3) is 0.571. The number of nitrogens with zero attached hydrogens (tertiary/aromatic N) is 5. The molecule has 2 saturated heterocycles. The molecule has 24 heavy (non-hydrogen) atoms. The molecule has 9 nitrogen and oxygen atoms in total. The SMILES string of the molecule is O=C(O)N1CCN(C(=O)c2nc(Cl)cc(N3CCOCC3)n2)CC1. The van der Waals surface area contributed by atoms with Crippen LogP contribution in [0.15, 0.2) is 6.07 Å². The maximum absolute atomic E-state index is 12.6. The second-order valence-corrected chi connectivity index (χ2v) is 5.92. The molecule has 0 radical (unpaired) electrons. The molecule has 2 aliphatic heterocycles. The molecule has 2 aliphatic rings. The Morgan fingerprint density at radius 3 is 2.29 bits per heavy atom. The summed E-state index contributed by atoms with van der Waals surface area (Å²) in [5, 5.41) is 9.17. The lowest BCUT2D eigenvalue weighted by molar-refractivity contribution is 0.0613. The summed E-state index contributed by atoms with van der Waals surface area (Å²) >= 11 is 6.05. The molecule has 0 atom stereocenters. The number of piperazine rings is 1. The predicted molar refractivity (Wildman–Crippen MR) is 85.6 cm³/mol. The van der Waals surface area contributed by atoms with Gasteiger partial charge in [-0.05, 0) is 0 Å². The zero-order chi connectivity index (χ0) is 17.1. The van der Waals surface area contributed by atoms with E-state index < -0.39 is 6.09 Å². The number of ether oxygens (including phenoxy) is 1. The van der Waals surface area contributed by atoms with E-state index in [-0.39, 0.29) is 30.0 Å². The Morgan fingerprint density at radius 2 is 1.67 bits per heavy atom. The zero-order valence-corrected chi connectivity index (χ0v) is 13.8. The molecule has 0 bridgehead atoms. The van der Waals surface area contributed by atoms with Gasteiger partial charge in [-0.2, -0.15) is 0 Å². The van der Waals surface area contributed by atoms with Crippen molar-refractivity contribution in [2.45, 2.75) is 0 Å². The van der Waals surface area contributed by atoms with Gasteiger partial charge in [-0.3, -0.25) is 4.79 Å². The number of halogens is 1. The standard InChI is InChI=1S/C14H18ClN5O4/c15-10-9-11(18-5-7-24-8-6-18)17-12(16-10)13(21)19-1-3-20(4-2-19)14(22)23/h9H,1-8H2,(H,22,23). The monoisotopic (exact) mass is 355 g/mol. The summed E-state index contributed by atoms with van der Waals surface area (Å²) in [6, 6.07) is 1.63. The Kier molecular flexibility index (Phi) is 5.00. The van der Waals surface area contributed by atoms with Crippen LogP contribution in [0.3, 0.4) is 0 Å². The van der Waals surface area contributed by atoms with Crippen molar-refractivity contribution in [2.75, 3.05) is 57.4 Å². The molecule has 1 N–H and O–H groups in total. The van der Waals surface area contributed by atoms with Crippen molar-refractivity contribution in [1.29, 1.82) is 0 Å². The molecule has 1 aromatic rings. The van der Waals surface area contributed by atoms with E-state index in [1.165, 1.54) is 4.90 Å². The van der Waals surface area contributed by atoms with Crippen molar-refractivity contribution < 1.29 is 19.4 Å². The molecule has 0 unspecified atom stereocenters. The van der Waals surface area contributed by atoms with Crippen molar-refractivity contribution in [3.05, 3.63) is 17.0 Å². The molecule has 2 fully saturated rings. The smallest absolute Gasteiger partial charge is 0.407 e. The minimum atomic E-state index is -0.976. The lowest BCUT2D eigenvalue weighted by atomic mass is 10.3. The average molecular weight is 356 g/mol. The first-order chi connectivity index (χ1) is 11.5. The van der Waals surface area contributed by atoms with Crippen LogP contribution in [0.1, 0.15) is 10.6 Å². The predicted octanol–water partition coefficient (Wildman–Crippen LogP) is 0.402. The summed E-state index contributed by atoms with van der Waals surface area (Å²) in [5.74, 6) is 0.302. The first kappa shape index (κ1) is 16.7. The van der Waals surface area contributed by atoms with Gasteiger partial charge in [0.05, 0.1) is 13.2 Å². The molecule has 1 aromatic heterocycles. The number of rotatable bonds is 2. The van der Waals surface area contributed by atoms with E-state index in [1.807, 2.05) is 4.90 Å². The Balaban J connectivity index is 1.73. The van der Waals surface area contributed by atoms with Crippen LogP contribution in [-0.2, 0) is 4.74 Å². The molecule has 0 spiro atoms. The summed E-state index contributed by atoms with van der Waals surface area (Å²) in [6.45, 7) is 3.73. The molecular weight excluding hydrogens is 338 g/mol. The van der Waals surface area contributed by atoms with Gasteiger partial charge in [-0.25, -0.2) is 14.8 Å². The van der Waals surface area contributed by atoms with Gasteiger partial charge in [-0.15, -0.1) is 0 Å².